The number of hydrogen-bond donors (Lipinski definition) is 1. The summed E-state index contributed by atoms with van der Waals surface area (Å²) < 4.78 is 5.04. The van der Waals surface area contributed by atoms with Crippen molar-refractivity contribution in [1.82, 2.24) is 0 Å². The summed E-state index contributed by atoms with van der Waals surface area (Å²) >= 11 is 5.94. The van der Waals surface area contributed by atoms with Gasteiger partial charge in [-0.3, -0.25) is 0 Å². The summed E-state index contributed by atoms with van der Waals surface area (Å²) in [7, 11) is 1.59. The molecular weight excluding hydrogens is 198 g/mol. The summed E-state index contributed by atoms with van der Waals surface area (Å²) in [5.41, 5.74) is 0.943. The minimum Gasteiger partial charge on any atom is -0.495 e. The molecule has 0 fully saturated rings. The molecule has 1 aromatic carbocycles. The van der Waals surface area contributed by atoms with Crippen molar-refractivity contribution >= 4 is 17.3 Å². The fourth-order valence-corrected chi connectivity index (χ4v) is 1.27. The molecule has 0 saturated heterocycles. The van der Waals surface area contributed by atoms with Crippen LogP contribution in [0, 0.1) is 11.8 Å². The van der Waals surface area contributed by atoms with Gasteiger partial charge in [-0.1, -0.05) is 17.5 Å². The van der Waals surface area contributed by atoms with E-state index in [1.807, 2.05) is 25.1 Å². The fourth-order valence-electron chi connectivity index (χ4n) is 1.01. The highest BCUT2D eigenvalue weighted by molar-refractivity contribution is 6.32. The van der Waals surface area contributed by atoms with E-state index in [0.717, 1.165) is 5.69 Å². The Morgan fingerprint density at radius 2 is 2.29 bits per heavy atom. The molecule has 0 spiro atoms. The Hall–Kier alpha value is -1.33. The second kappa shape index (κ2) is 5.41. The molecule has 1 aromatic rings. The molecule has 1 N–H and O–H groups in total. The third-order valence-electron chi connectivity index (χ3n) is 1.71. The highest BCUT2D eigenvalue weighted by Crippen LogP contribution is 2.26. The van der Waals surface area contributed by atoms with Crippen LogP contribution in [0.3, 0.4) is 0 Å². The van der Waals surface area contributed by atoms with Gasteiger partial charge in [-0.25, -0.2) is 0 Å². The van der Waals surface area contributed by atoms with Crippen LogP contribution in [-0.2, 0) is 0 Å². The Morgan fingerprint density at radius 3 is 2.86 bits per heavy atom. The number of anilines is 1. The molecule has 0 amide bonds. The van der Waals surface area contributed by atoms with Crippen molar-refractivity contribution in [1.29, 1.82) is 0 Å². The van der Waals surface area contributed by atoms with Crippen LogP contribution in [0.15, 0.2) is 18.2 Å². The average molecular weight is 210 g/mol. The van der Waals surface area contributed by atoms with Crippen LogP contribution in [0.4, 0.5) is 5.69 Å². The minimum atomic E-state index is 0.599. The molecule has 1 rings (SSSR count). The predicted octanol–water partition coefficient (Wildman–Crippen LogP) is 2.78. The number of ether oxygens (including phenoxy) is 1. The average Bonchev–Trinajstić information content (AvgIpc) is 2.18. The molecule has 0 saturated carbocycles. The van der Waals surface area contributed by atoms with Crippen molar-refractivity contribution < 1.29 is 4.74 Å². The smallest absolute Gasteiger partial charge is 0.137 e. The zero-order chi connectivity index (χ0) is 10.4. The van der Waals surface area contributed by atoms with E-state index in [9.17, 15) is 0 Å². The van der Waals surface area contributed by atoms with Crippen LogP contribution in [0.2, 0.25) is 5.02 Å². The molecule has 0 bridgehead atoms. The lowest BCUT2D eigenvalue weighted by atomic mass is 10.3. The highest BCUT2D eigenvalue weighted by atomic mass is 35.5. The first-order valence-corrected chi connectivity index (χ1v) is 4.62. The zero-order valence-electron chi connectivity index (χ0n) is 8.23. The van der Waals surface area contributed by atoms with Crippen LogP contribution in [0.1, 0.15) is 6.92 Å². The maximum absolute atomic E-state index is 5.94. The summed E-state index contributed by atoms with van der Waals surface area (Å²) in [6.07, 6.45) is 0. The van der Waals surface area contributed by atoms with Crippen LogP contribution in [0.5, 0.6) is 5.75 Å². The maximum Gasteiger partial charge on any atom is 0.137 e. The number of halogens is 1. The van der Waals surface area contributed by atoms with E-state index >= 15 is 0 Å². The highest BCUT2D eigenvalue weighted by Gasteiger charge is 2.00. The molecule has 0 atom stereocenters. The molecule has 0 aliphatic rings. The molecule has 0 aliphatic carbocycles. The van der Waals surface area contributed by atoms with Crippen LogP contribution < -0.4 is 10.1 Å². The van der Waals surface area contributed by atoms with Crippen molar-refractivity contribution in [3.63, 3.8) is 0 Å². The molecule has 14 heavy (non-hydrogen) atoms. The van der Waals surface area contributed by atoms with Crippen LogP contribution in [-0.4, -0.2) is 13.7 Å². The van der Waals surface area contributed by atoms with Gasteiger partial charge in [0.15, 0.2) is 0 Å². The first-order valence-electron chi connectivity index (χ1n) is 4.25. The van der Waals surface area contributed by atoms with Crippen molar-refractivity contribution in [3.05, 3.63) is 23.2 Å². The van der Waals surface area contributed by atoms with Crippen molar-refractivity contribution in [2.75, 3.05) is 19.0 Å². The number of methoxy groups -OCH3 is 1. The van der Waals surface area contributed by atoms with Gasteiger partial charge in [0.25, 0.3) is 0 Å². The van der Waals surface area contributed by atoms with Crippen LogP contribution in [0.25, 0.3) is 0 Å². The number of benzene rings is 1. The van der Waals surface area contributed by atoms with Gasteiger partial charge in [0.1, 0.15) is 5.75 Å². The monoisotopic (exact) mass is 209 g/mol. The van der Waals surface area contributed by atoms with E-state index in [2.05, 4.69) is 17.2 Å². The van der Waals surface area contributed by atoms with Gasteiger partial charge in [0.05, 0.1) is 18.7 Å². The summed E-state index contributed by atoms with van der Waals surface area (Å²) in [4.78, 5) is 0. The molecule has 2 nitrogen and oxygen atoms in total. The SMILES string of the molecule is CC#CCNc1ccc(OC)c(Cl)c1. The lowest BCUT2D eigenvalue weighted by Gasteiger charge is -2.06. The van der Waals surface area contributed by atoms with Gasteiger partial charge in [-0.15, -0.1) is 5.92 Å². The summed E-state index contributed by atoms with van der Waals surface area (Å²) in [5.74, 6) is 6.39. The summed E-state index contributed by atoms with van der Waals surface area (Å²) in [5, 5.41) is 3.72. The maximum atomic E-state index is 5.94. The zero-order valence-corrected chi connectivity index (χ0v) is 8.98. The molecule has 0 aromatic heterocycles. The van der Waals surface area contributed by atoms with Gasteiger partial charge in [0, 0.05) is 5.69 Å². The van der Waals surface area contributed by atoms with Crippen molar-refractivity contribution in [2.45, 2.75) is 6.92 Å². The first-order chi connectivity index (χ1) is 6.77. The lowest BCUT2D eigenvalue weighted by molar-refractivity contribution is 0.415. The van der Waals surface area contributed by atoms with Gasteiger partial charge in [0.2, 0.25) is 0 Å². The Balaban J connectivity index is 2.69. The summed E-state index contributed by atoms with van der Waals surface area (Å²) in [6.45, 7) is 2.43. The Labute approximate surface area is 89.2 Å². The third-order valence-corrected chi connectivity index (χ3v) is 2.00. The molecule has 74 valence electrons. The van der Waals surface area contributed by atoms with Crippen LogP contribution >= 0.6 is 11.6 Å². The second-order valence-electron chi connectivity index (χ2n) is 2.63. The molecule has 0 radical (unpaired) electrons. The fraction of sp³-hybridized carbons (Fsp3) is 0.273. The molecule has 0 unspecified atom stereocenters. The number of rotatable bonds is 3. The first kappa shape index (κ1) is 10.7. The Morgan fingerprint density at radius 1 is 1.50 bits per heavy atom. The quantitative estimate of drug-likeness (QED) is 0.773. The van der Waals surface area contributed by atoms with E-state index in [1.54, 1.807) is 7.11 Å². The molecule has 3 heteroatoms. The van der Waals surface area contributed by atoms with E-state index in [1.165, 1.54) is 0 Å². The van der Waals surface area contributed by atoms with E-state index in [-0.39, 0.29) is 0 Å². The standard InChI is InChI=1S/C11H12ClNO/c1-3-4-7-13-9-5-6-11(14-2)10(12)8-9/h5-6,8,13H,7H2,1-2H3. The number of nitrogens with one attached hydrogen (secondary N) is 1. The normalized spacial score (nSPS) is 8.79. The Bertz CT molecular complexity index is 365. The second-order valence-corrected chi connectivity index (χ2v) is 3.04. The van der Waals surface area contributed by atoms with Gasteiger partial charge >= 0.3 is 0 Å². The van der Waals surface area contributed by atoms with E-state index in [0.29, 0.717) is 17.3 Å². The molecule has 0 aliphatic heterocycles. The molecule has 0 heterocycles. The Kier molecular flexibility index (Phi) is 4.15. The van der Waals surface area contributed by atoms with E-state index in [4.69, 9.17) is 16.3 Å². The van der Waals surface area contributed by atoms with Crippen molar-refractivity contribution in [2.24, 2.45) is 0 Å². The predicted molar refractivity (Wildman–Crippen MR) is 59.9 cm³/mol. The summed E-state index contributed by atoms with van der Waals surface area (Å²) in [6, 6.07) is 5.55. The third kappa shape index (κ3) is 2.86. The molecular formula is C11H12ClNO. The largest absolute Gasteiger partial charge is 0.495 e. The minimum absolute atomic E-state index is 0.599. The van der Waals surface area contributed by atoms with Crippen molar-refractivity contribution in [3.8, 4) is 17.6 Å². The lowest BCUT2D eigenvalue weighted by Crippen LogP contribution is -1.98. The van der Waals surface area contributed by atoms with Gasteiger partial charge in [-0.2, -0.15) is 0 Å². The van der Waals surface area contributed by atoms with Gasteiger partial charge < -0.3 is 10.1 Å². The topological polar surface area (TPSA) is 21.3 Å². The number of hydrogen-bond acceptors (Lipinski definition) is 2. The van der Waals surface area contributed by atoms with E-state index < -0.39 is 0 Å². The van der Waals surface area contributed by atoms with Gasteiger partial charge in [-0.05, 0) is 25.1 Å².